The Kier molecular flexibility index (Phi) is 11.9. The van der Waals surface area contributed by atoms with Gasteiger partial charge in [-0.05, 0) is 34.2 Å². The summed E-state index contributed by atoms with van der Waals surface area (Å²) >= 11 is 0. The number of nitrogens with zero attached hydrogens (tertiary/aromatic N) is 3. The van der Waals surface area contributed by atoms with Crippen molar-refractivity contribution in [2.45, 2.75) is 37.3 Å². The normalized spacial score (nSPS) is 12.7. The summed E-state index contributed by atoms with van der Waals surface area (Å²) in [4.78, 5) is 68.0. The topological polar surface area (TPSA) is 179 Å². The maximum absolute atomic E-state index is 14.1. The zero-order valence-electron chi connectivity index (χ0n) is 25.6. The third-order valence-electron chi connectivity index (χ3n) is 7.79. The molecule has 0 spiro atoms. The second kappa shape index (κ2) is 16.4. The predicted octanol–water partition coefficient (Wildman–Crippen LogP) is 3.37. The standard InChI is InChI=1S/C35H35N5O7/c1-2-18-40(31(33(44)37-21-32(42)43)19-23-10-4-3-5-11-23)34(45)30(17-16-24(41)20-38-36)39-35(46)47-22-29-27-14-8-6-12-25(27)26-13-7-9-15-28(26)29/h2-15,20,29-31H,1,16-19,21-22H2,(H,37,44)(H,39,46)(H,42,43)/t30-,31-/m0/s1. The molecule has 0 aromatic heterocycles. The number of alkyl carbamates (subject to hydrolysis) is 1. The molecule has 3 aromatic rings. The van der Waals surface area contributed by atoms with Gasteiger partial charge >= 0.3 is 18.3 Å². The number of hydrogen-bond acceptors (Lipinski definition) is 6. The Bertz CT molecular complexity index is 1640. The minimum absolute atomic E-state index is 0.0263. The first-order chi connectivity index (χ1) is 22.7. The molecule has 0 heterocycles. The van der Waals surface area contributed by atoms with Gasteiger partial charge in [-0.2, -0.15) is 4.79 Å². The van der Waals surface area contributed by atoms with Crippen LogP contribution >= 0.6 is 0 Å². The van der Waals surface area contributed by atoms with Crippen molar-refractivity contribution >= 4 is 35.9 Å². The van der Waals surface area contributed by atoms with Crippen LogP contribution in [0.25, 0.3) is 16.7 Å². The van der Waals surface area contributed by atoms with Crippen LogP contribution in [0.3, 0.4) is 0 Å². The van der Waals surface area contributed by atoms with Crippen LogP contribution in [0.2, 0.25) is 0 Å². The van der Waals surface area contributed by atoms with Gasteiger partial charge in [-0.3, -0.25) is 19.2 Å². The van der Waals surface area contributed by atoms with Gasteiger partial charge in [0.15, 0.2) is 0 Å². The summed E-state index contributed by atoms with van der Waals surface area (Å²) in [5.41, 5.74) is 13.5. The van der Waals surface area contributed by atoms with Crippen molar-refractivity contribution in [3.8, 4) is 11.1 Å². The molecule has 4 rings (SSSR count). The van der Waals surface area contributed by atoms with E-state index in [1.165, 1.54) is 11.0 Å². The highest BCUT2D eigenvalue weighted by atomic mass is 16.5. The number of benzene rings is 3. The molecule has 12 heteroatoms. The zero-order valence-corrected chi connectivity index (χ0v) is 25.6. The molecule has 3 aromatic carbocycles. The molecule has 1 aliphatic rings. The number of carbonyl (C=O) groups excluding carboxylic acids is 4. The maximum Gasteiger partial charge on any atom is 0.407 e. The van der Waals surface area contributed by atoms with Gasteiger partial charge in [-0.25, -0.2) is 4.79 Å². The lowest BCUT2D eigenvalue weighted by atomic mass is 9.98. The van der Waals surface area contributed by atoms with Gasteiger partial charge in [0.1, 0.15) is 25.2 Å². The highest BCUT2D eigenvalue weighted by Gasteiger charge is 2.35. The summed E-state index contributed by atoms with van der Waals surface area (Å²) in [5, 5.41) is 14.0. The van der Waals surface area contributed by atoms with Crippen LogP contribution in [0.15, 0.2) is 91.5 Å². The van der Waals surface area contributed by atoms with Crippen molar-refractivity contribution in [2.75, 3.05) is 19.7 Å². The molecule has 12 nitrogen and oxygen atoms in total. The van der Waals surface area contributed by atoms with Crippen LogP contribution in [-0.4, -0.2) is 82.5 Å². The van der Waals surface area contributed by atoms with Crippen molar-refractivity contribution in [3.05, 3.63) is 114 Å². The molecule has 2 atom stereocenters. The number of ketones is 1. The first kappa shape index (κ1) is 34.0. The van der Waals surface area contributed by atoms with Crippen molar-refractivity contribution < 1.29 is 38.6 Å². The van der Waals surface area contributed by atoms with Gasteiger partial charge in [0.2, 0.25) is 17.6 Å². The van der Waals surface area contributed by atoms with E-state index in [0.717, 1.165) is 22.3 Å². The van der Waals surface area contributed by atoms with Crippen LogP contribution in [-0.2, 0) is 30.3 Å². The van der Waals surface area contributed by atoms with E-state index in [1.807, 2.05) is 48.5 Å². The van der Waals surface area contributed by atoms with Crippen molar-refractivity contribution in [1.29, 1.82) is 0 Å². The van der Waals surface area contributed by atoms with Gasteiger partial charge in [-0.15, -0.1) is 6.58 Å². The number of fused-ring (bicyclic) bond motifs is 3. The molecule has 0 saturated carbocycles. The fourth-order valence-corrected chi connectivity index (χ4v) is 5.63. The lowest BCUT2D eigenvalue weighted by Gasteiger charge is -2.33. The van der Waals surface area contributed by atoms with E-state index >= 15 is 0 Å². The molecule has 1 aliphatic carbocycles. The maximum atomic E-state index is 14.1. The highest BCUT2D eigenvalue weighted by Crippen LogP contribution is 2.44. The van der Waals surface area contributed by atoms with Crippen LogP contribution < -0.4 is 10.6 Å². The molecule has 242 valence electrons. The van der Waals surface area contributed by atoms with E-state index in [4.69, 9.17) is 15.4 Å². The molecule has 3 N–H and O–H groups in total. The number of amides is 3. The highest BCUT2D eigenvalue weighted by molar-refractivity contribution is 6.25. The Morgan fingerprint density at radius 2 is 1.57 bits per heavy atom. The van der Waals surface area contributed by atoms with Crippen molar-refractivity contribution in [2.24, 2.45) is 0 Å². The summed E-state index contributed by atoms with van der Waals surface area (Å²) in [7, 11) is 0. The van der Waals surface area contributed by atoms with E-state index < -0.39 is 48.3 Å². The van der Waals surface area contributed by atoms with Crippen LogP contribution in [0.1, 0.15) is 35.4 Å². The number of nitrogens with one attached hydrogen (secondary N) is 2. The van der Waals surface area contributed by atoms with Gasteiger partial charge in [0, 0.05) is 25.3 Å². The molecule has 0 saturated heterocycles. The molecule has 0 bridgehead atoms. The average molecular weight is 638 g/mol. The summed E-state index contributed by atoms with van der Waals surface area (Å²) in [5.74, 6) is -3.56. The molecule has 0 aliphatic heterocycles. The number of carboxylic acids is 1. The zero-order chi connectivity index (χ0) is 33.8. The molecule has 0 unspecified atom stereocenters. The Labute approximate surface area is 271 Å². The lowest BCUT2D eigenvalue weighted by Crippen LogP contribution is -2.57. The second-order valence-corrected chi connectivity index (χ2v) is 10.9. The smallest absolute Gasteiger partial charge is 0.407 e. The first-order valence-corrected chi connectivity index (χ1v) is 15.0. The Morgan fingerprint density at radius 3 is 2.17 bits per heavy atom. The van der Waals surface area contributed by atoms with E-state index in [1.54, 1.807) is 30.3 Å². The quantitative estimate of drug-likeness (QED) is 0.0933. The Balaban J connectivity index is 1.57. The molecule has 3 amide bonds. The third kappa shape index (κ3) is 8.86. The van der Waals surface area contributed by atoms with E-state index in [0.29, 0.717) is 11.8 Å². The van der Waals surface area contributed by atoms with Gasteiger partial charge < -0.3 is 30.9 Å². The number of carbonyl (C=O) groups is 5. The molecular formula is C35H35N5O7. The van der Waals surface area contributed by atoms with Gasteiger partial charge in [0.05, 0.1) is 0 Å². The molecule has 0 fully saturated rings. The number of carboxylic acid groups (broad SMARTS) is 1. The van der Waals surface area contributed by atoms with E-state index in [9.17, 15) is 24.0 Å². The van der Waals surface area contributed by atoms with Gasteiger partial charge in [-0.1, -0.05) is 84.9 Å². The van der Waals surface area contributed by atoms with E-state index in [2.05, 4.69) is 22.0 Å². The fourth-order valence-electron chi connectivity index (χ4n) is 5.63. The third-order valence-corrected chi connectivity index (χ3v) is 7.79. The number of ether oxygens (including phenoxy) is 1. The fraction of sp³-hybridized carbons (Fsp3) is 0.257. The molecule has 0 radical (unpaired) electrons. The van der Waals surface area contributed by atoms with Crippen LogP contribution in [0, 0.1) is 0 Å². The van der Waals surface area contributed by atoms with Crippen LogP contribution in [0.5, 0.6) is 0 Å². The minimum atomic E-state index is -1.34. The second-order valence-electron chi connectivity index (χ2n) is 10.9. The average Bonchev–Trinajstić information content (AvgIpc) is 3.40. The Hall–Kier alpha value is -5.87. The summed E-state index contributed by atoms with van der Waals surface area (Å²) < 4.78 is 5.65. The van der Waals surface area contributed by atoms with Crippen molar-refractivity contribution in [1.82, 2.24) is 15.5 Å². The van der Waals surface area contributed by atoms with Gasteiger partial charge in [0.25, 0.3) is 0 Å². The number of aliphatic carboxylic acids is 1. The number of hydrogen-bond donors (Lipinski definition) is 3. The van der Waals surface area contributed by atoms with Crippen LogP contribution in [0.4, 0.5) is 4.79 Å². The summed E-state index contributed by atoms with van der Waals surface area (Å²) in [6, 6.07) is 21.9. The first-order valence-electron chi connectivity index (χ1n) is 15.0. The Morgan fingerprint density at radius 1 is 0.957 bits per heavy atom. The van der Waals surface area contributed by atoms with E-state index in [-0.39, 0.29) is 38.3 Å². The number of rotatable bonds is 16. The number of Topliss-reactive ketones (excluding diaryl/α,β-unsaturated/α-hetero) is 1. The molecular weight excluding hydrogens is 602 g/mol. The SMILES string of the molecule is C=CCN(C(=O)[C@H](CCC(=O)C=[N+]=[N-])NC(=O)OCC1c2ccccc2-c2ccccc21)[C@@H](Cc1ccccc1)C(=O)NCC(=O)O. The monoisotopic (exact) mass is 637 g/mol. The predicted molar refractivity (Wildman–Crippen MR) is 172 cm³/mol. The summed E-state index contributed by atoms with van der Waals surface area (Å²) in [6.45, 7) is 2.87. The van der Waals surface area contributed by atoms with Crippen molar-refractivity contribution in [3.63, 3.8) is 0 Å². The minimum Gasteiger partial charge on any atom is -0.480 e. The largest absolute Gasteiger partial charge is 0.480 e. The molecule has 47 heavy (non-hydrogen) atoms. The lowest BCUT2D eigenvalue weighted by molar-refractivity contribution is -0.143. The summed E-state index contributed by atoms with van der Waals surface area (Å²) in [6.07, 6.45) is 0.709.